The maximum Gasteiger partial charge on any atom is 0.277 e. The maximum absolute atomic E-state index is 12.6. The molecular weight excluding hydrogens is 442 g/mol. The molecule has 0 saturated carbocycles. The Bertz CT molecular complexity index is 1190. The van der Waals surface area contributed by atoms with Gasteiger partial charge in [-0.1, -0.05) is 25.0 Å². The number of likely N-dealkylation sites (tertiary alicyclic amines) is 1. The number of piperidine rings is 1. The van der Waals surface area contributed by atoms with Crippen molar-refractivity contribution in [3.05, 3.63) is 46.4 Å². The van der Waals surface area contributed by atoms with Gasteiger partial charge in [0.15, 0.2) is 0 Å². The van der Waals surface area contributed by atoms with Crippen molar-refractivity contribution in [2.75, 3.05) is 42.9 Å². The molecule has 0 atom stereocenters. The molecule has 0 unspecified atom stereocenters. The van der Waals surface area contributed by atoms with Crippen molar-refractivity contribution in [2.45, 2.75) is 57.5 Å². The van der Waals surface area contributed by atoms with Crippen molar-refractivity contribution in [1.29, 1.82) is 0 Å². The van der Waals surface area contributed by atoms with Crippen molar-refractivity contribution in [3.63, 3.8) is 0 Å². The predicted octanol–water partition coefficient (Wildman–Crippen LogP) is 3.23. The van der Waals surface area contributed by atoms with Crippen LogP contribution in [0.4, 0.5) is 17.5 Å². The van der Waals surface area contributed by atoms with Crippen LogP contribution in [-0.2, 0) is 6.42 Å². The highest BCUT2D eigenvalue weighted by Gasteiger charge is 2.26. The van der Waals surface area contributed by atoms with Crippen molar-refractivity contribution in [2.24, 2.45) is 0 Å². The second kappa shape index (κ2) is 10.3. The van der Waals surface area contributed by atoms with E-state index in [1.54, 1.807) is 6.20 Å². The number of hydrogen-bond acceptors (Lipinski definition) is 8. The van der Waals surface area contributed by atoms with Crippen LogP contribution in [0, 0.1) is 0 Å². The summed E-state index contributed by atoms with van der Waals surface area (Å²) in [6, 6.07) is 8.30. The first-order valence-electron chi connectivity index (χ1n) is 12.8. The molecule has 4 heterocycles. The lowest BCUT2D eigenvalue weighted by Gasteiger charge is -2.35. The quantitative estimate of drug-likeness (QED) is 0.496. The third-order valence-electron chi connectivity index (χ3n) is 7.26. The molecule has 0 bridgehead atoms. The molecule has 186 valence electrons. The minimum atomic E-state index is -0.514. The topological polar surface area (TPSA) is 110 Å². The van der Waals surface area contributed by atoms with E-state index in [1.807, 2.05) is 19.1 Å². The van der Waals surface area contributed by atoms with Gasteiger partial charge >= 0.3 is 0 Å². The average molecular weight is 478 g/mol. The standard InChI is InChI=1S/C26H35N7O2/c1-26(35)11-16-32(17-12-26)15-10-19-6-8-20(9-7-19)28-23-22-21(18-27-31-24(22)34)29-25(30-23)33-13-4-2-3-5-14-33/h6-9,18,35H,2-5,10-17H2,1H3,(H,31,34)(H,28,29,30). The summed E-state index contributed by atoms with van der Waals surface area (Å²) in [6.45, 7) is 6.64. The van der Waals surface area contributed by atoms with Gasteiger partial charge in [-0.05, 0) is 56.7 Å². The molecule has 3 aromatic rings. The van der Waals surface area contributed by atoms with Crippen LogP contribution in [0.1, 0.15) is 51.0 Å². The summed E-state index contributed by atoms with van der Waals surface area (Å²) in [6.07, 6.45) is 8.90. The number of aliphatic hydroxyl groups is 1. The van der Waals surface area contributed by atoms with Crippen molar-refractivity contribution in [1.82, 2.24) is 25.1 Å². The Hall–Kier alpha value is -3.04. The minimum Gasteiger partial charge on any atom is -0.390 e. The van der Waals surface area contributed by atoms with Gasteiger partial charge in [0.05, 0.1) is 11.8 Å². The van der Waals surface area contributed by atoms with Gasteiger partial charge in [0.1, 0.15) is 16.7 Å². The van der Waals surface area contributed by atoms with E-state index in [9.17, 15) is 9.90 Å². The van der Waals surface area contributed by atoms with Crippen LogP contribution < -0.4 is 15.8 Å². The molecule has 2 saturated heterocycles. The first-order chi connectivity index (χ1) is 17.0. The fraction of sp³-hybridized carbons (Fsp3) is 0.538. The molecule has 35 heavy (non-hydrogen) atoms. The van der Waals surface area contributed by atoms with E-state index in [2.05, 4.69) is 42.4 Å². The monoisotopic (exact) mass is 477 g/mol. The van der Waals surface area contributed by atoms with Gasteiger partial charge < -0.3 is 20.2 Å². The summed E-state index contributed by atoms with van der Waals surface area (Å²) in [7, 11) is 0. The Morgan fingerprint density at radius 2 is 1.74 bits per heavy atom. The number of fused-ring (bicyclic) bond motifs is 1. The van der Waals surface area contributed by atoms with Crippen LogP contribution in [0.25, 0.3) is 10.9 Å². The maximum atomic E-state index is 12.6. The number of benzene rings is 1. The third kappa shape index (κ3) is 5.79. The van der Waals surface area contributed by atoms with Crippen molar-refractivity contribution in [3.8, 4) is 0 Å². The number of H-pyrrole nitrogens is 1. The van der Waals surface area contributed by atoms with Crippen LogP contribution in [0.15, 0.2) is 35.3 Å². The van der Waals surface area contributed by atoms with Gasteiger partial charge in [0.2, 0.25) is 5.95 Å². The summed E-state index contributed by atoms with van der Waals surface area (Å²) in [5.74, 6) is 1.15. The van der Waals surface area contributed by atoms with E-state index < -0.39 is 5.60 Å². The average Bonchev–Trinajstić information content (AvgIpc) is 3.14. The smallest absolute Gasteiger partial charge is 0.277 e. The Morgan fingerprint density at radius 1 is 1.03 bits per heavy atom. The molecule has 1 aromatic carbocycles. The second-order valence-electron chi connectivity index (χ2n) is 10.1. The van der Waals surface area contributed by atoms with E-state index in [4.69, 9.17) is 4.98 Å². The van der Waals surface area contributed by atoms with Gasteiger partial charge in [-0.2, -0.15) is 10.1 Å². The van der Waals surface area contributed by atoms with Crippen LogP contribution in [0.5, 0.6) is 0 Å². The molecule has 9 nitrogen and oxygen atoms in total. The first-order valence-corrected chi connectivity index (χ1v) is 12.8. The molecule has 2 aliphatic rings. The Morgan fingerprint density at radius 3 is 2.46 bits per heavy atom. The molecule has 3 N–H and O–H groups in total. The highest BCUT2D eigenvalue weighted by Crippen LogP contribution is 2.26. The van der Waals surface area contributed by atoms with E-state index >= 15 is 0 Å². The summed E-state index contributed by atoms with van der Waals surface area (Å²) in [5.41, 5.74) is 1.86. The molecular formula is C26H35N7O2. The molecule has 2 fully saturated rings. The van der Waals surface area contributed by atoms with Crippen LogP contribution in [0.3, 0.4) is 0 Å². The van der Waals surface area contributed by atoms with E-state index in [-0.39, 0.29) is 5.56 Å². The molecule has 5 rings (SSSR count). The van der Waals surface area contributed by atoms with E-state index in [0.29, 0.717) is 22.7 Å². The van der Waals surface area contributed by atoms with Gasteiger partial charge in [-0.25, -0.2) is 10.1 Å². The van der Waals surface area contributed by atoms with Crippen LogP contribution in [0.2, 0.25) is 0 Å². The fourth-order valence-electron chi connectivity index (χ4n) is 4.93. The summed E-state index contributed by atoms with van der Waals surface area (Å²) >= 11 is 0. The zero-order valence-corrected chi connectivity index (χ0v) is 20.5. The first kappa shape index (κ1) is 23.7. The van der Waals surface area contributed by atoms with Crippen molar-refractivity contribution < 1.29 is 5.11 Å². The Labute approximate surface area is 205 Å². The molecule has 2 aromatic heterocycles. The number of rotatable bonds is 6. The largest absolute Gasteiger partial charge is 0.390 e. The zero-order chi connectivity index (χ0) is 24.3. The lowest BCUT2D eigenvalue weighted by atomic mass is 9.93. The number of aromatic amines is 1. The minimum absolute atomic E-state index is 0.301. The predicted molar refractivity (Wildman–Crippen MR) is 138 cm³/mol. The van der Waals surface area contributed by atoms with Gasteiger partial charge in [-0.15, -0.1) is 0 Å². The van der Waals surface area contributed by atoms with Crippen molar-refractivity contribution >= 4 is 28.4 Å². The van der Waals surface area contributed by atoms with Gasteiger partial charge in [0, 0.05) is 38.4 Å². The number of nitrogens with zero attached hydrogens (tertiary/aromatic N) is 5. The molecule has 0 spiro atoms. The van der Waals surface area contributed by atoms with E-state index in [1.165, 1.54) is 18.4 Å². The van der Waals surface area contributed by atoms with Gasteiger partial charge in [-0.3, -0.25) is 4.79 Å². The third-order valence-corrected chi connectivity index (χ3v) is 7.26. The normalized spacial score (nSPS) is 19.0. The Kier molecular flexibility index (Phi) is 6.97. The Balaban J connectivity index is 1.31. The second-order valence-corrected chi connectivity index (χ2v) is 10.1. The number of anilines is 3. The number of aromatic nitrogens is 4. The zero-order valence-electron chi connectivity index (χ0n) is 20.5. The molecule has 2 aliphatic heterocycles. The highest BCUT2D eigenvalue weighted by atomic mass is 16.3. The molecule has 0 radical (unpaired) electrons. The molecule has 9 heteroatoms. The summed E-state index contributed by atoms with van der Waals surface area (Å²) < 4.78 is 0. The lowest BCUT2D eigenvalue weighted by molar-refractivity contribution is -0.00491. The lowest BCUT2D eigenvalue weighted by Crippen LogP contribution is -2.43. The number of hydrogen-bond donors (Lipinski definition) is 3. The van der Waals surface area contributed by atoms with Gasteiger partial charge in [0.25, 0.3) is 5.56 Å². The summed E-state index contributed by atoms with van der Waals surface area (Å²) in [5, 5.41) is 20.4. The number of nitrogens with one attached hydrogen (secondary N) is 2. The SMILES string of the molecule is CC1(O)CCN(CCc2ccc(Nc3nc(N4CCCCCC4)nc4cn[nH]c(=O)c34)cc2)CC1. The fourth-order valence-corrected chi connectivity index (χ4v) is 4.93. The van der Waals surface area contributed by atoms with E-state index in [0.717, 1.165) is 70.5 Å². The molecule has 0 aliphatic carbocycles. The van der Waals surface area contributed by atoms with Crippen LogP contribution >= 0.6 is 0 Å². The van der Waals surface area contributed by atoms with Crippen LogP contribution in [-0.4, -0.2) is 68.5 Å². The molecule has 0 amide bonds. The highest BCUT2D eigenvalue weighted by molar-refractivity contribution is 5.90. The summed E-state index contributed by atoms with van der Waals surface area (Å²) in [4.78, 5) is 26.7.